The average Bonchev–Trinajstić information content (AvgIpc) is 3.52. The second-order valence-corrected chi connectivity index (χ2v) is 16.1. The molecule has 0 amide bonds. The van der Waals surface area contributed by atoms with E-state index in [0.717, 1.165) is 39.9 Å². The highest BCUT2D eigenvalue weighted by atomic mass is 35.5. The Morgan fingerprint density at radius 1 is 1.13 bits per heavy atom. The number of fused-ring (bicyclic) bond motifs is 7. The number of halogens is 2. The van der Waals surface area contributed by atoms with E-state index in [2.05, 4.69) is 17.9 Å². The number of benzene rings is 2. The van der Waals surface area contributed by atoms with E-state index < -0.39 is 46.5 Å². The number of aliphatic hydroxyl groups excluding tert-OH is 1. The summed E-state index contributed by atoms with van der Waals surface area (Å²) >= 11 is 8.82. The Hall–Kier alpha value is -1.98. The molecule has 9 unspecified atom stereocenters. The maximum atomic E-state index is 17.6. The van der Waals surface area contributed by atoms with Crippen molar-refractivity contribution in [2.45, 2.75) is 79.9 Å². The van der Waals surface area contributed by atoms with Crippen molar-refractivity contribution < 1.29 is 34.3 Å². The molecule has 1 saturated heterocycles. The summed E-state index contributed by atoms with van der Waals surface area (Å²) in [5.41, 5.74) is 2.20. The molecule has 0 aromatic heterocycles. The second-order valence-electron chi connectivity index (χ2n) is 13.5. The molecule has 4 aliphatic carbocycles. The van der Waals surface area contributed by atoms with Crippen LogP contribution in [0.15, 0.2) is 77.2 Å². The number of rotatable bonds is 6. The quantitative estimate of drug-likeness (QED) is 0.270. The Kier molecular flexibility index (Phi) is 7.95. The Bertz CT molecular complexity index is 1590. The molecule has 2 aromatic carbocycles. The molecular weight excluding hydrogens is 633 g/mol. The number of ether oxygens (including phenoxy) is 2. The minimum Gasteiger partial charge on any atom is -0.390 e. The third-order valence-electron chi connectivity index (χ3n) is 11.5. The fraction of sp³-hybridized carbons (Fsp3) is 0.486. The van der Waals surface area contributed by atoms with Gasteiger partial charge in [0.05, 0.1) is 17.4 Å². The zero-order chi connectivity index (χ0) is 31.8. The zero-order valence-corrected chi connectivity index (χ0v) is 27.7. The highest BCUT2D eigenvalue weighted by Gasteiger charge is 2.79. The molecule has 238 valence electrons. The first-order valence-electron chi connectivity index (χ1n) is 15.5. The molecule has 1 aliphatic heterocycles. The van der Waals surface area contributed by atoms with Crippen LogP contribution in [0.3, 0.4) is 0 Å². The normalized spacial score (nSPS) is 39.9. The van der Waals surface area contributed by atoms with Crippen LogP contribution in [0.25, 0.3) is 0 Å². The van der Waals surface area contributed by atoms with Crippen LogP contribution in [0.2, 0.25) is 0 Å². The van der Waals surface area contributed by atoms with Crippen LogP contribution >= 0.6 is 35.1 Å². The van der Waals surface area contributed by atoms with Gasteiger partial charge in [-0.25, -0.2) is 4.39 Å². The standard InChI is InChI=1S/C35H37ClFNO5S2/c1-32-14-13-24(39)15-22(32)7-12-26-27-16-29-35(31(41)45-19-36,33(27,2)17-28(40)34(26,32)37)43-30(42-29)21-5-3-20(4-6-21)18-44-25-10-8-23(38)9-11-25/h3-6,8-11,13-15,26-30,40H,7,12,16-19,38H2,1-2H3/p+1. The van der Waals surface area contributed by atoms with Crippen LogP contribution in [0.5, 0.6) is 0 Å². The van der Waals surface area contributed by atoms with Gasteiger partial charge < -0.3 is 20.3 Å². The summed E-state index contributed by atoms with van der Waals surface area (Å²) in [5, 5.41) is 11.6. The molecule has 1 heterocycles. The number of carbonyl (C=O) groups is 2. The summed E-state index contributed by atoms with van der Waals surface area (Å²) < 4.78 is 31.0. The molecule has 6 nitrogen and oxygen atoms in total. The predicted octanol–water partition coefficient (Wildman–Crippen LogP) is 6.44. The van der Waals surface area contributed by atoms with Crippen LogP contribution in [0.1, 0.15) is 56.9 Å². The zero-order valence-electron chi connectivity index (χ0n) is 25.3. The van der Waals surface area contributed by atoms with E-state index in [9.17, 15) is 14.7 Å². The van der Waals surface area contributed by atoms with Gasteiger partial charge in [0.15, 0.2) is 23.3 Å². The second kappa shape index (κ2) is 11.3. The molecule has 2 aromatic rings. The van der Waals surface area contributed by atoms with Crippen LogP contribution in [-0.2, 0) is 24.8 Å². The van der Waals surface area contributed by atoms with Gasteiger partial charge in [0.2, 0.25) is 5.12 Å². The Labute approximate surface area is 276 Å². The molecule has 3 saturated carbocycles. The first-order valence-corrected chi connectivity index (χ1v) is 18.0. The molecule has 9 atom stereocenters. The van der Waals surface area contributed by atoms with Crippen LogP contribution in [0.4, 0.5) is 10.1 Å². The van der Waals surface area contributed by atoms with Crippen molar-refractivity contribution in [1.29, 1.82) is 0 Å². The smallest absolute Gasteiger partial charge is 0.225 e. The van der Waals surface area contributed by atoms with Crippen molar-refractivity contribution >= 4 is 51.7 Å². The number of allylic oxidation sites excluding steroid dienone is 4. The van der Waals surface area contributed by atoms with Crippen LogP contribution in [-0.4, -0.2) is 44.7 Å². The van der Waals surface area contributed by atoms with Gasteiger partial charge in [-0.3, -0.25) is 9.59 Å². The lowest BCUT2D eigenvalue weighted by Crippen LogP contribution is -2.69. The molecule has 0 bridgehead atoms. The van der Waals surface area contributed by atoms with E-state index in [1.807, 2.05) is 43.3 Å². The summed E-state index contributed by atoms with van der Waals surface area (Å²) in [6, 6.07) is 16.2. The molecule has 7 rings (SSSR count). The van der Waals surface area contributed by atoms with E-state index in [1.54, 1.807) is 24.8 Å². The van der Waals surface area contributed by atoms with Crippen molar-refractivity contribution in [2.24, 2.45) is 22.7 Å². The maximum absolute atomic E-state index is 17.6. The largest absolute Gasteiger partial charge is 0.390 e. The van der Waals surface area contributed by atoms with Gasteiger partial charge in [0, 0.05) is 33.0 Å². The summed E-state index contributed by atoms with van der Waals surface area (Å²) in [4.78, 5) is 27.4. The summed E-state index contributed by atoms with van der Waals surface area (Å²) in [5.74, 6) is -0.182. The van der Waals surface area contributed by atoms with Gasteiger partial charge in [-0.2, -0.15) is 0 Å². The van der Waals surface area contributed by atoms with Crippen LogP contribution in [0, 0.1) is 22.7 Å². The molecule has 0 radical (unpaired) electrons. The average molecular weight is 671 g/mol. The monoisotopic (exact) mass is 670 g/mol. The molecular formula is C35H38ClFNO5S2+. The van der Waals surface area contributed by atoms with E-state index in [-0.39, 0.29) is 28.4 Å². The van der Waals surface area contributed by atoms with E-state index in [0.29, 0.717) is 19.3 Å². The molecule has 4 N–H and O–H groups in total. The Morgan fingerprint density at radius 2 is 1.87 bits per heavy atom. The number of thioether (sulfide) groups is 2. The molecule has 5 aliphatic rings. The van der Waals surface area contributed by atoms with Crippen molar-refractivity contribution in [2.75, 3.05) is 5.21 Å². The topological polar surface area (TPSA) is 100 Å². The molecule has 4 fully saturated rings. The lowest BCUT2D eigenvalue weighted by Gasteiger charge is -2.62. The van der Waals surface area contributed by atoms with Gasteiger partial charge in [0.1, 0.15) is 5.69 Å². The summed E-state index contributed by atoms with van der Waals surface area (Å²) in [7, 11) is 0. The third kappa shape index (κ3) is 4.60. The lowest BCUT2D eigenvalue weighted by molar-refractivity contribution is -0.254. The highest BCUT2D eigenvalue weighted by molar-refractivity contribution is 8.14. The van der Waals surface area contributed by atoms with Crippen molar-refractivity contribution in [3.05, 3.63) is 83.5 Å². The molecule has 10 heteroatoms. The molecule has 45 heavy (non-hydrogen) atoms. The lowest BCUT2D eigenvalue weighted by atomic mass is 9.45. The van der Waals surface area contributed by atoms with Gasteiger partial charge in [-0.15, -0.1) is 23.4 Å². The fourth-order valence-electron chi connectivity index (χ4n) is 9.13. The number of aliphatic hydroxyl groups is 1. The first-order chi connectivity index (χ1) is 21.5. The number of hydrogen-bond donors (Lipinski definition) is 2. The minimum absolute atomic E-state index is 0.0295. The number of hydrogen-bond acceptors (Lipinski definition) is 7. The Morgan fingerprint density at radius 3 is 2.58 bits per heavy atom. The fourth-order valence-corrected chi connectivity index (χ4v) is 11.0. The van der Waals surface area contributed by atoms with Crippen LogP contribution < -0.4 is 5.73 Å². The number of ketones is 1. The molecule has 0 spiro atoms. The summed E-state index contributed by atoms with van der Waals surface area (Å²) in [6.45, 7) is 3.76. The van der Waals surface area contributed by atoms with Crippen molar-refractivity contribution in [3.63, 3.8) is 0 Å². The van der Waals surface area contributed by atoms with Crippen molar-refractivity contribution in [1.82, 2.24) is 0 Å². The van der Waals surface area contributed by atoms with E-state index in [1.165, 1.54) is 17.0 Å². The van der Waals surface area contributed by atoms with Gasteiger partial charge in [-0.1, -0.05) is 54.6 Å². The first kappa shape index (κ1) is 31.6. The number of carbonyl (C=O) groups excluding carboxylic acids is 2. The maximum Gasteiger partial charge on any atom is 0.225 e. The highest BCUT2D eigenvalue weighted by Crippen LogP contribution is 2.72. The summed E-state index contributed by atoms with van der Waals surface area (Å²) in [6.07, 6.45) is 3.32. The van der Waals surface area contributed by atoms with Gasteiger partial charge in [0.25, 0.3) is 0 Å². The van der Waals surface area contributed by atoms with Crippen molar-refractivity contribution in [3.8, 4) is 0 Å². The Balaban J connectivity index is 1.17. The predicted molar refractivity (Wildman–Crippen MR) is 173 cm³/mol. The van der Waals surface area contributed by atoms with E-state index >= 15 is 4.39 Å². The van der Waals surface area contributed by atoms with Gasteiger partial charge >= 0.3 is 0 Å². The number of quaternary nitrogens is 1. The van der Waals surface area contributed by atoms with Gasteiger partial charge in [-0.05, 0) is 80.5 Å². The SMILES string of the molecule is CC12C=CC(=O)C=C1CCC1C3CC4OC(c5ccc(CSc6ccc([NH3+])cc6)cc5)OC4(C(=O)SCCl)C3(C)CC(O)C12F. The minimum atomic E-state index is -2.00. The van der Waals surface area contributed by atoms with E-state index in [4.69, 9.17) is 21.1 Å². The number of alkyl halides is 2. The third-order valence-corrected chi connectivity index (χ3v) is 13.5.